The van der Waals surface area contributed by atoms with Gasteiger partial charge in [0.2, 0.25) is 5.91 Å². The number of fused-ring (bicyclic) bond motifs is 3. The number of rotatable bonds is 6. The summed E-state index contributed by atoms with van der Waals surface area (Å²) < 4.78 is 10.8. The molecule has 0 saturated heterocycles. The lowest BCUT2D eigenvalue weighted by Gasteiger charge is -2.55. The molecule has 1 aromatic carbocycles. The van der Waals surface area contributed by atoms with Crippen molar-refractivity contribution in [1.82, 2.24) is 0 Å². The average Bonchev–Trinajstić information content (AvgIpc) is 2.80. The second-order valence-electron chi connectivity index (χ2n) is 9.71. The molecule has 0 bridgehead atoms. The van der Waals surface area contributed by atoms with Crippen molar-refractivity contribution in [2.75, 3.05) is 26.9 Å². The number of Topliss-reactive ketones (excluding diaryl/α,β-unsaturated/α-hetero) is 4. The summed E-state index contributed by atoms with van der Waals surface area (Å²) in [6, 6.07) is 1.43. The van der Waals surface area contributed by atoms with E-state index >= 15 is 0 Å². The number of amides is 1. The molecule has 0 aromatic heterocycles. The molecule has 6 atom stereocenters. The molecule has 1 aromatic rings. The molecule has 2 saturated carbocycles. The van der Waals surface area contributed by atoms with Gasteiger partial charge >= 0.3 is 0 Å². The molecule has 4 rings (SSSR count). The predicted octanol–water partition coefficient (Wildman–Crippen LogP) is -1.39. The first-order valence-electron chi connectivity index (χ1n) is 11.2. The van der Waals surface area contributed by atoms with Gasteiger partial charge < -0.3 is 31.2 Å². The van der Waals surface area contributed by atoms with E-state index in [-0.39, 0.29) is 44.0 Å². The quantitative estimate of drug-likeness (QED) is 0.273. The van der Waals surface area contributed by atoms with Crippen LogP contribution in [0.15, 0.2) is 12.1 Å². The first-order valence-corrected chi connectivity index (χ1v) is 11.2. The topological polar surface area (TPSA) is 196 Å². The van der Waals surface area contributed by atoms with Crippen LogP contribution in [-0.2, 0) is 35.1 Å². The van der Waals surface area contributed by atoms with Crippen molar-refractivity contribution in [3.8, 4) is 5.75 Å². The average molecular weight is 488 g/mol. The van der Waals surface area contributed by atoms with Crippen molar-refractivity contribution in [2.45, 2.75) is 31.4 Å². The standard InChI is InChI=1S/C24H28N2O9/c1-10-3-4-13(27)14-11(10)7-23(9-35-6-5-34-2)8-12-17(25)19(29)15(22(26)32)20(30)24(12,33)21(31)16(23)18(14)28/h3-4,12,15-17,27,33H,5-9,25H2,1-2H3,(H2,26,32). The minimum atomic E-state index is -2.86. The maximum absolute atomic E-state index is 13.9. The van der Waals surface area contributed by atoms with E-state index in [9.17, 15) is 34.2 Å². The van der Waals surface area contributed by atoms with Gasteiger partial charge in [-0.3, -0.25) is 24.0 Å². The van der Waals surface area contributed by atoms with Gasteiger partial charge in [-0.25, -0.2) is 0 Å². The second-order valence-corrected chi connectivity index (χ2v) is 9.71. The Balaban J connectivity index is 1.89. The lowest BCUT2D eigenvalue weighted by Crippen LogP contribution is -2.75. The van der Waals surface area contributed by atoms with Gasteiger partial charge in [0.05, 0.1) is 37.3 Å². The molecule has 11 heteroatoms. The van der Waals surface area contributed by atoms with Crippen molar-refractivity contribution >= 4 is 29.0 Å². The summed E-state index contributed by atoms with van der Waals surface area (Å²) in [5, 5.41) is 21.9. The van der Waals surface area contributed by atoms with E-state index in [2.05, 4.69) is 0 Å². The number of aryl methyl sites for hydroxylation is 1. The summed E-state index contributed by atoms with van der Waals surface area (Å²) in [4.78, 5) is 65.5. The summed E-state index contributed by atoms with van der Waals surface area (Å²) in [6.07, 6.45) is -0.0874. The number of nitrogens with two attached hydrogens (primary N) is 2. The van der Waals surface area contributed by atoms with Gasteiger partial charge in [-0.15, -0.1) is 0 Å². The Hall–Kier alpha value is -2.99. The molecule has 6 N–H and O–H groups in total. The third kappa shape index (κ3) is 3.45. The molecule has 6 unspecified atom stereocenters. The molecule has 0 heterocycles. The van der Waals surface area contributed by atoms with E-state index in [0.29, 0.717) is 11.1 Å². The van der Waals surface area contributed by atoms with Crippen LogP contribution in [0.4, 0.5) is 0 Å². The number of ketones is 4. The Morgan fingerprint density at radius 1 is 1.17 bits per heavy atom. The van der Waals surface area contributed by atoms with Gasteiger partial charge in [0.25, 0.3) is 0 Å². The zero-order valence-electron chi connectivity index (χ0n) is 19.4. The van der Waals surface area contributed by atoms with Crippen LogP contribution in [0.25, 0.3) is 0 Å². The highest BCUT2D eigenvalue weighted by Gasteiger charge is 2.71. The number of aliphatic hydroxyl groups is 1. The third-order valence-electron chi connectivity index (χ3n) is 7.77. The largest absolute Gasteiger partial charge is 0.507 e. The summed E-state index contributed by atoms with van der Waals surface area (Å²) in [6.45, 7) is 2.00. The smallest absolute Gasteiger partial charge is 0.235 e. The second kappa shape index (κ2) is 8.59. The van der Waals surface area contributed by atoms with Gasteiger partial charge in [-0.2, -0.15) is 0 Å². The lowest BCUT2D eigenvalue weighted by molar-refractivity contribution is -0.185. The zero-order chi connectivity index (χ0) is 25.9. The van der Waals surface area contributed by atoms with Gasteiger partial charge in [0.1, 0.15) is 5.75 Å². The third-order valence-corrected chi connectivity index (χ3v) is 7.77. The van der Waals surface area contributed by atoms with Crippen molar-refractivity contribution in [1.29, 1.82) is 0 Å². The maximum Gasteiger partial charge on any atom is 0.235 e. The van der Waals surface area contributed by atoms with E-state index in [1.54, 1.807) is 13.0 Å². The Bertz CT molecular complexity index is 1150. The van der Waals surface area contributed by atoms with Gasteiger partial charge in [-0.1, -0.05) is 6.07 Å². The Morgan fingerprint density at radius 3 is 2.49 bits per heavy atom. The van der Waals surface area contributed by atoms with Crippen LogP contribution < -0.4 is 11.5 Å². The van der Waals surface area contributed by atoms with Gasteiger partial charge in [0, 0.05) is 18.4 Å². The molecule has 0 spiro atoms. The molecule has 3 aliphatic carbocycles. The molecular formula is C24H28N2O9. The number of benzene rings is 1. The maximum atomic E-state index is 13.9. The highest BCUT2D eigenvalue weighted by Crippen LogP contribution is 2.56. The van der Waals surface area contributed by atoms with E-state index in [1.165, 1.54) is 13.2 Å². The molecule has 2 fully saturated rings. The van der Waals surface area contributed by atoms with Crippen molar-refractivity contribution in [2.24, 2.45) is 34.6 Å². The van der Waals surface area contributed by atoms with Gasteiger partial charge in [0.15, 0.2) is 34.7 Å². The number of hydrogen-bond acceptors (Lipinski definition) is 10. The molecule has 3 aliphatic rings. The highest BCUT2D eigenvalue weighted by atomic mass is 16.5. The normalized spacial score (nSPS) is 34.3. The van der Waals surface area contributed by atoms with Crippen LogP contribution in [0.5, 0.6) is 5.75 Å². The molecule has 188 valence electrons. The Labute approximate surface area is 200 Å². The number of primary amides is 1. The van der Waals surface area contributed by atoms with Crippen LogP contribution in [0.2, 0.25) is 0 Å². The van der Waals surface area contributed by atoms with Crippen LogP contribution in [0.1, 0.15) is 27.9 Å². The minimum absolute atomic E-state index is 0.0620. The molecule has 35 heavy (non-hydrogen) atoms. The molecular weight excluding hydrogens is 460 g/mol. The molecule has 0 radical (unpaired) electrons. The number of carbonyl (C=O) groups is 5. The zero-order valence-corrected chi connectivity index (χ0v) is 19.4. The SMILES string of the molecule is COCCOCC12Cc3c(C)ccc(O)c3C(=O)C1C(=O)C1(O)C(=O)C(C(N)=O)C(=O)C(N)C1C2. The first kappa shape index (κ1) is 25.1. The van der Waals surface area contributed by atoms with Crippen LogP contribution >= 0.6 is 0 Å². The van der Waals surface area contributed by atoms with Crippen molar-refractivity contribution < 1.29 is 43.7 Å². The Morgan fingerprint density at radius 2 is 1.86 bits per heavy atom. The Kier molecular flexibility index (Phi) is 6.17. The van der Waals surface area contributed by atoms with E-state index in [1.807, 2.05) is 0 Å². The molecule has 0 aliphatic heterocycles. The van der Waals surface area contributed by atoms with E-state index < -0.39 is 63.9 Å². The van der Waals surface area contributed by atoms with Crippen LogP contribution in [0.3, 0.4) is 0 Å². The number of aromatic hydroxyl groups is 1. The van der Waals surface area contributed by atoms with E-state index in [0.717, 1.165) is 0 Å². The van der Waals surface area contributed by atoms with Crippen LogP contribution in [0, 0.1) is 30.1 Å². The number of carbonyl (C=O) groups excluding carboxylic acids is 5. The minimum Gasteiger partial charge on any atom is -0.507 e. The number of phenols is 1. The molecule has 11 nitrogen and oxygen atoms in total. The fourth-order valence-corrected chi connectivity index (χ4v) is 6.01. The number of methoxy groups -OCH3 is 1. The number of phenolic OH excluding ortho intramolecular Hbond substituents is 1. The number of ether oxygens (including phenoxy) is 2. The highest BCUT2D eigenvalue weighted by molar-refractivity contribution is 6.32. The fourth-order valence-electron chi connectivity index (χ4n) is 6.01. The molecule has 1 amide bonds. The summed E-state index contributed by atoms with van der Waals surface area (Å²) in [5.41, 5.74) is 8.35. The van der Waals surface area contributed by atoms with Gasteiger partial charge in [-0.05, 0) is 37.0 Å². The summed E-state index contributed by atoms with van der Waals surface area (Å²) in [7, 11) is 1.48. The monoisotopic (exact) mass is 488 g/mol. The fraction of sp³-hybridized carbons (Fsp3) is 0.542. The predicted molar refractivity (Wildman–Crippen MR) is 118 cm³/mol. The van der Waals surface area contributed by atoms with Crippen molar-refractivity contribution in [3.63, 3.8) is 0 Å². The lowest BCUT2D eigenvalue weighted by atomic mass is 9.47. The van der Waals surface area contributed by atoms with Crippen LogP contribution in [-0.4, -0.2) is 77.8 Å². The number of hydrogen-bond donors (Lipinski definition) is 4. The summed E-state index contributed by atoms with van der Waals surface area (Å²) >= 11 is 0. The van der Waals surface area contributed by atoms with E-state index in [4.69, 9.17) is 20.9 Å². The first-order chi connectivity index (χ1) is 16.4. The van der Waals surface area contributed by atoms with Crippen molar-refractivity contribution in [3.05, 3.63) is 28.8 Å². The summed E-state index contributed by atoms with van der Waals surface area (Å²) in [5.74, 6) is -11.0.